The highest BCUT2D eigenvalue weighted by Gasteiger charge is 2.35. The van der Waals surface area contributed by atoms with Crippen LogP contribution in [0.15, 0.2) is 0 Å². The zero-order chi connectivity index (χ0) is 11.2. The van der Waals surface area contributed by atoms with E-state index in [4.69, 9.17) is 10.6 Å². The summed E-state index contributed by atoms with van der Waals surface area (Å²) >= 11 is 0. The number of nitrogens with two attached hydrogens (primary N) is 1. The quantitative estimate of drug-likeness (QED) is 0.491. The smallest absolute Gasteiger partial charge is 0.0839 e. The minimum atomic E-state index is -0.112. The summed E-state index contributed by atoms with van der Waals surface area (Å²) in [6.45, 7) is 8.71. The molecule has 0 aromatic rings. The van der Waals surface area contributed by atoms with E-state index in [1.807, 2.05) is 0 Å². The Morgan fingerprint density at radius 3 is 2.00 bits per heavy atom. The van der Waals surface area contributed by atoms with Crippen LogP contribution in [0.3, 0.4) is 0 Å². The lowest BCUT2D eigenvalue weighted by Gasteiger charge is -2.38. The molecule has 0 aromatic heterocycles. The average molecular weight is 202 g/mol. The highest BCUT2D eigenvalue weighted by molar-refractivity contribution is 4.90. The Hall–Kier alpha value is -0.120. The lowest BCUT2D eigenvalue weighted by Crippen LogP contribution is -2.54. The summed E-state index contributed by atoms with van der Waals surface area (Å²) in [7, 11) is 1.78. The molecule has 0 heterocycles. The first-order valence-corrected chi connectivity index (χ1v) is 5.57. The summed E-state index contributed by atoms with van der Waals surface area (Å²) in [6, 6.07) is 0.238. The Kier molecular flexibility index (Phi) is 6.33. The van der Waals surface area contributed by atoms with Crippen molar-refractivity contribution in [2.45, 2.75) is 58.6 Å². The Balaban J connectivity index is 4.56. The number of ether oxygens (including phenoxy) is 1. The fourth-order valence-electron chi connectivity index (χ4n) is 2.08. The first-order valence-electron chi connectivity index (χ1n) is 5.57. The van der Waals surface area contributed by atoms with Gasteiger partial charge in [0, 0.05) is 7.11 Å². The van der Waals surface area contributed by atoms with Crippen molar-refractivity contribution in [3.63, 3.8) is 0 Å². The van der Waals surface area contributed by atoms with Crippen LogP contribution in [0.25, 0.3) is 0 Å². The van der Waals surface area contributed by atoms with E-state index in [-0.39, 0.29) is 11.6 Å². The minimum absolute atomic E-state index is 0.112. The van der Waals surface area contributed by atoms with Gasteiger partial charge in [0.1, 0.15) is 0 Å². The molecule has 14 heavy (non-hydrogen) atoms. The van der Waals surface area contributed by atoms with Gasteiger partial charge in [-0.25, -0.2) is 0 Å². The normalized spacial score (nSPS) is 14.8. The van der Waals surface area contributed by atoms with Gasteiger partial charge in [0.2, 0.25) is 0 Å². The van der Waals surface area contributed by atoms with Crippen LogP contribution in [-0.4, -0.2) is 18.8 Å². The van der Waals surface area contributed by atoms with Crippen LogP contribution < -0.4 is 11.3 Å². The van der Waals surface area contributed by atoms with Crippen LogP contribution in [0.1, 0.15) is 47.0 Å². The van der Waals surface area contributed by atoms with Gasteiger partial charge in [-0.2, -0.15) is 0 Å². The molecule has 3 heteroatoms. The molecule has 86 valence electrons. The molecule has 0 aliphatic heterocycles. The summed E-state index contributed by atoms with van der Waals surface area (Å²) in [4.78, 5) is 0. The average Bonchev–Trinajstić information content (AvgIpc) is 2.19. The number of hydrazine groups is 1. The van der Waals surface area contributed by atoms with Crippen LogP contribution in [0, 0.1) is 5.92 Å². The Morgan fingerprint density at radius 1 is 1.29 bits per heavy atom. The minimum Gasteiger partial charge on any atom is -0.377 e. The molecular formula is C11H26N2O. The topological polar surface area (TPSA) is 47.3 Å². The first-order chi connectivity index (χ1) is 6.56. The van der Waals surface area contributed by atoms with Crippen molar-refractivity contribution in [1.29, 1.82) is 0 Å². The second-order valence-corrected chi connectivity index (χ2v) is 4.32. The Bertz CT molecular complexity index is 136. The van der Waals surface area contributed by atoms with Crippen molar-refractivity contribution in [1.82, 2.24) is 5.43 Å². The van der Waals surface area contributed by atoms with Gasteiger partial charge in [0.25, 0.3) is 0 Å². The molecule has 1 unspecified atom stereocenters. The monoisotopic (exact) mass is 202 g/mol. The summed E-state index contributed by atoms with van der Waals surface area (Å²) in [5.41, 5.74) is 2.79. The van der Waals surface area contributed by atoms with Crippen LogP contribution in [-0.2, 0) is 4.74 Å². The van der Waals surface area contributed by atoms with E-state index in [2.05, 4.69) is 33.1 Å². The molecule has 0 aliphatic carbocycles. The highest BCUT2D eigenvalue weighted by atomic mass is 16.5. The zero-order valence-electron chi connectivity index (χ0n) is 10.3. The Morgan fingerprint density at radius 2 is 1.79 bits per heavy atom. The molecule has 0 aromatic carbocycles. The molecule has 0 aliphatic rings. The summed E-state index contributed by atoms with van der Waals surface area (Å²) in [5.74, 6) is 6.23. The largest absolute Gasteiger partial charge is 0.377 e. The van der Waals surface area contributed by atoms with Gasteiger partial charge in [-0.15, -0.1) is 0 Å². The van der Waals surface area contributed by atoms with Crippen molar-refractivity contribution in [3.8, 4) is 0 Å². The van der Waals surface area contributed by atoms with Gasteiger partial charge < -0.3 is 4.74 Å². The third-order valence-corrected chi connectivity index (χ3v) is 3.15. The van der Waals surface area contributed by atoms with Gasteiger partial charge >= 0.3 is 0 Å². The van der Waals surface area contributed by atoms with Crippen molar-refractivity contribution >= 4 is 0 Å². The van der Waals surface area contributed by atoms with E-state index in [0.717, 1.165) is 19.3 Å². The predicted octanol–water partition coefficient (Wildman–Crippen LogP) is 2.07. The summed E-state index contributed by atoms with van der Waals surface area (Å²) < 4.78 is 5.65. The lowest BCUT2D eigenvalue weighted by atomic mass is 9.84. The summed E-state index contributed by atoms with van der Waals surface area (Å²) in [5, 5.41) is 0. The number of nitrogens with one attached hydrogen (secondary N) is 1. The van der Waals surface area contributed by atoms with E-state index in [1.165, 1.54) is 0 Å². The maximum Gasteiger partial charge on any atom is 0.0839 e. The van der Waals surface area contributed by atoms with Gasteiger partial charge in [0.05, 0.1) is 11.6 Å². The van der Waals surface area contributed by atoms with Crippen molar-refractivity contribution < 1.29 is 4.74 Å². The molecule has 1 atom stereocenters. The third kappa shape index (κ3) is 3.23. The zero-order valence-corrected chi connectivity index (χ0v) is 10.3. The van der Waals surface area contributed by atoms with Gasteiger partial charge in [0.15, 0.2) is 0 Å². The van der Waals surface area contributed by atoms with Crippen molar-refractivity contribution in [2.75, 3.05) is 7.11 Å². The molecule has 0 rings (SSSR count). The van der Waals surface area contributed by atoms with Crippen molar-refractivity contribution in [2.24, 2.45) is 11.8 Å². The maximum absolute atomic E-state index is 5.65. The lowest BCUT2D eigenvalue weighted by molar-refractivity contribution is -0.0522. The SMILES string of the molecule is CCC(CC)(OC)C(CC(C)C)NN. The molecule has 0 radical (unpaired) electrons. The first kappa shape index (κ1) is 13.9. The van der Waals surface area contributed by atoms with E-state index in [0.29, 0.717) is 5.92 Å². The van der Waals surface area contributed by atoms with Crippen LogP contribution in [0.5, 0.6) is 0 Å². The molecule has 0 spiro atoms. The maximum atomic E-state index is 5.65. The standard InChI is InChI=1S/C11H26N2O/c1-6-11(7-2,14-5)10(13-12)8-9(3)4/h9-10,13H,6-8,12H2,1-5H3. The fourth-order valence-corrected chi connectivity index (χ4v) is 2.08. The van der Waals surface area contributed by atoms with Crippen LogP contribution in [0.2, 0.25) is 0 Å². The molecule has 3 nitrogen and oxygen atoms in total. The van der Waals surface area contributed by atoms with E-state index >= 15 is 0 Å². The second-order valence-electron chi connectivity index (χ2n) is 4.32. The third-order valence-electron chi connectivity index (χ3n) is 3.15. The van der Waals surface area contributed by atoms with E-state index in [9.17, 15) is 0 Å². The van der Waals surface area contributed by atoms with Gasteiger partial charge in [-0.3, -0.25) is 11.3 Å². The van der Waals surface area contributed by atoms with Crippen molar-refractivity contribution in [3.05, 3.63) is 0 Å². The fraction of sp³-hybridized carbons (Fsp3) is 1.00. The molecule has 0 saturated carbocycles. The number of hydrogen-bond donors (Lipinski definition) is 2. The Labute approximate surface area is 88.4 Å². The summed E-state index contributed by atoms with van der Waals surface area (Å²) in [6.07, 6.45) is 3.02. The number of rotatable bonds is 7. The molecule has 0 amide bonds. The van der Waals surface area contributed by atoms with Gasteiger partial charge in [-0.1, -0.05) is 27.7 Å². The molecule has 0 bridgehead atoms. The number of methoxy groups -OCH3 is 1. The number of hydrogen-bond acceptors (Lipinski definition) is 3. The van der Waals surface area contributed by atoms with E-state index < -0.39 is 0 Å². The predicted molar refractivity (Wildman–Crippen MR) is 60.9 cm³/mol. The van der Waals surface area contributed by atoms with Crippen LogP contribution in [0.4, 0.5) is 0 Å². The molecule has 0 saturated heterocycles. The highest BCUT2D eigenvalue weighted by Crippen LogP contribution is 2.27. The van der Waals surface area contributed by atoms with Crippen LogP contribution >= 0.6 is 0 Å². The second kappa shape index (κ2) is 6.38. The van der Waals surface area contributed by atoms with E-state index in [1.54, 1.807) is 7.11 Å². The van der Waals surface area contributed by atoms with Gasteiger partial charge in [-0.05, 0) is 25.2 Å². The molecule has 3 N–H and O–H groups in total. The molecule has 0 fully saturated rings. The molecular weight excluding hydrogens is 176 g/mol.